The maximum Gasteiger partial charge on any atom is 0.175 e. The van der Waals surface area contributed by atoms with Crippen molar-refractivity contribution in [3.63, 3.8) is 0 Å². The number of methoxy groups -OCH3 is 2. The fourth-order valence-corrected chi connectivity index (χ4v) is 2.69. The fourth-order valence-electron chi connectivity index (χ4n) is 2.07. The van der Waals surface area contributed by atoms with E-state index in [1.165, 1.54) is 0 Å². The van der Waals surface area contributed by atoms with E-state index < -0.39 is 0 Å². The summed E-state index contributed by atoms with van der Waals surface area (Å²) in [7, 11) is 3.29. The standard InChI is InChI=1S/C13H20BrNO3/c1-8(2)11-9(5-6-18-15)7-10(14)12(16-3)13(11)17-4/h7-8H,5-6,15H2,1-4H3. The Morgan fingerprint density at radius 2 is 1.83 bits per heavy atom. The van der Waals surface area contributed by atoms with Crippen molar-refractivity contribution in [2.24, 2.45) is 5.90 Å². The molecule has 0 aromatic heterocycles. The lowest BCUT2D eigenvalue weighted by Crippen LogP contribution is -2.08. The van der Waals surface area contributed by atoms with Crippen molar-refractivity contribution in [1.29, 1.82) is 0 Å². The summed E-state index contributed by atoms with van der Waals surface area (Å²) in [6.45, 7) is 4.72. The molecule has 0 saturated heterocycles. The van der Waals surface area contributed by atoms with Gasteiger partial charge in [-0.2, -0.15) is 0 Å². The van der Waals surface area contributed by atoms with Crippen molar-refractivity contribution >= 4 is 15.9 Å². The normalized spacial score (nSPS) is 10.8. The number of hydrogen-bond acceptors (Lipinski definition) is 4. The van der Waals surface area contributed by atoms with Gasteiger partial charge in [0.15, 0.2) is 11.5 Å². The number of halogens is 1. The average molecular weight is 318 g/mol. The van der Waals surface area contributed by atoms with Gasteiger partial charge in [-0.05, 0) is 39.9 Å². The Morgan fingerprint density at radius 1 is 1.22 bits per heavy atom. The van der Waals surface area contributed by atoms with Gasteiger partial charge in [0.05, 0.1) is 25.3 Å². The van der Waals surface area contributed by atoms with Crippen LogP contribution in [0.25, 0.3) is 0 Å². The summed E-state index contributed by atoms with van der Waals surface area (Å²) in [6, 6.07) is 2.04. The van der Waals surface area contributed by atoms with Crippen LogP contribution in [0.5, 0.6) is 11.5 Å². The van der Waals surface area contributed by atoms with Crippen LogP contribution in [0, 0.1) is 0 Å². The molecule has 5 heteroatoms. The van der Waals surface area contributed by atoms with Gasteiger partial charge < -0.3 is 14.3 Å². The van der Waals surface area contributed by atoms with Crippen molar-refractivity contribution in [3.05, 3.63) is 21.7 Å². The zero-order valence-corrected chi connectivity index (χ0v) is 12.8. The van der Waals surface area contributed by atoms with Gasteiger partial charge >= 0.3 is 0 Å². The third-order valence-electron chi connectivity index (χ3n) is 2.79. The van der Waals surface area contributed by atoms with E-state index >= 15 is 0 Å². The first-order chi connectivity index (χ1) is 8.56. The van der Waals surface area contributed by atoms with Crippen molar-refractivity contribution in [2.75, 3.05) is 20.8 Å². The summed E-state index contributed by atoms with van der Waals surface area (Å²) in [5, 5.41) is 0. The predicted molar refractivity (Wildman–Crippen MR) is 75.2 cm³/mol. The van der Waals surface area contributed by atoms with Gasteiger partial charge in [-0.3, -0.25) is 0 Å². The topological polar surface area (TPSA) is 53.7 Å². The van der Waals surface area contributed by atoms with Crippen molar-refractivity contribution in [1.82, 2.24) is 0 Å². The first-order valence-corrected chi connectivity index (χ1v) is 6.61. The van der Waals surface area contributed by atoms with Gasteiger partial charge in [0.25, 0.3) is 0 Å². The molecule has 4 nitrogen and oxygen atoms in total. The second kappa shape index (κ2) is 6.97. The van der Waals surface area contributed by atoms with Crippen LogP contribution in [0.4, 0.5) is 0 Å². The summed E-state index contributed by atoms with van der Waals surface area (Å²) >= 11 is 3.50. The fraction of sp³-hybridized carbons (Fsp3) is 0.538. The Hall–Kier alpha value is -0.780. The van der Waals surface area contributed by atoms with E-state index in [1.54, 1.807) is 14.2 Å². The van der Waals surface area contributed by atoms with Crippen LogP contribution in [0.15, 0.2) is 10.5 Å². The Kier molecular flexibility index (Phi) is 5.91. The van der Waals surface area contributed by atoms with Gasteiger partial charge in [-0.1, -0.05) is 13.8 Å². The van der Waals surface area contributed by atoms with Gasteiger partial charge in [0.1, 0.15) is 0 Å². The first-order valence-electron chi connectivity index (χ1n) is 5.81. The quantitative estimate of drug-likeness (QED) is 0.819. The second-order valence-corrected chi connectivity index (χ2v) is 5.13. The Morgan fingerprint density at radius 3 is 2.28 bits per heavy atom. The molecular formula is C13H20BrNO3. The summed E-state index contributed by atoms with van der Waals surface area (Å²) in [4.78, 5) is 4.66. The van der Waals surface area contributed by atoms with Crippen LogP contribution >= 0.6 is 15.9 Å². The lowest BCUT2D eigenvalue weighted by molar-refractivity contribution is 0.141. The van der Waals surface area contributed by atoms with E-state index in [4.69, 9.17) is 15.4 Å². The SMILES string of the molecule is COc1c(Br)cc(CCON)c(C(C)C)c1OC. The molecule has 102 valence electrons. The van der Waals surface area contributed by atoms with Gasteiger partial charge in [-0.25, -0.2) is 5.90 Å². The van der Waals surface area contributed by atoms with Crippen molar-refractivity contribution < 1.29 is 14.3 Å². The minimum Gasteiger partial charge on any atom is -0.493 e. The molecular weight excluding hydrogens is 298 g/mol. The van der Waals surface area contributed by atoms with Gasteiger partial charge in [-0.15, -0.1) is 0 Å². The smallest absolute Gasteiger partial charge is 0.175 e. The third-order valence-corrected chi connectivity index (χ3v) is 3.38. The molecule has 0 bridgehead atoms. The largest absolute Gasteiger partial charge is 0.493 e. The minimum atomic E-state index is 0.328. The number of hydrogen-bond donors (Lipinski definition) is 1. The van der Waals surface area contributed by atoms with E-state index in [9.17, 15) is 0 Å². The molecule has 0 atom stereocenters. The maximum atomic E-state index is 5.50. The van der Waals surface area contributed by atoms with Crippen LogP contribution in [-0.4, -0.2) is 20.8 Å². The van der Waals surface area contributed by atoms with Crippen LogP contribution < -0.4 is 15.4 Å². The number of benzene rings is 1. The molecule has 1 aromatic rings. The van der Waals surface area contributed by atoms with Crippen molar-refractivity contribution in [2.45, 2.75) is 26.2 Å². The monoisotopic (exact) mass is 317 g/mol. The first kappa shape index (κ1) is 15.3. The third kappa shape index (κ3) is 3.16. The lowest BCUT2D eigenvalue weighted by Gasteiger charge is -2.20. The highest BCUT2D eigenvalue weighted by Crippen LogP contribution is 2.43. The molecule has 2 N–H and O–H groups in total. The van der Waals surface area contributed by atoms with Crippen LogP contribution in [-0.2, 0) is 11.3 Å². The Bertz CT molecular complexity index is 408. The lowest BCUT2D eigenvalue weighted by atomic mass is 9.94. The van der Waals surface area contributed by atoms with E-state index in [0.717, 1.165) is 33.5 Å². The van der Waals surface area contributed by atoms with E-state index in [-0.39, 0.29) is 0 Å². The number of rotatable bonds is 6. The van der Waals surface area contributed by atoms with E-state index in [0.29, 0.717) is 12.5 Å². The molecule has 0 fully saturated rings. The summed E-state index contributed by atoms with van der Waals surface area (Å²) in [5.41, 5.74) is 2.29. The number of nitrogens with two attached hydrogens (primary N) is 1. The molecule has 0 unspecified atom stereocenters. The predicted octanol–water partition coefficient (Wildman–Crippen LogP) is 3.02. The molecule has 1 rings (SSSR count). The van der Waals surface area contributed by atoms with Crippen LogP contribution in [0.2, 0.25) is 0 Å². The Labute approximate surface area is 116 Å². The zero-order chi connectivity index (χ0) is 13.7. The van der Waals surface area contributed by atoms with Crippen molar-refractivity contribution in [3.8, 4) is 11.5 Å². The highest BCUT2D eigenvalue weighted by molar-refractivity contribution is 9.10. The van der Waals surface area contributed by atoms with Crippen LogP contribution in [0.1, 0.15) is 30.9 Å². The Balaban J connectivity index is 3.37. The minimum absolute atomic E-state index is 0.328. The second-order valence-electron chi connectivity index (χ2n) is 4.27. The summed E-state index contributed by atoms with van der Waals surface area (Å²) in [6.07, 6.45) is 0.739. The number of ether oxygens (including phenoxy) is 2. The highest BCUT2D eigenvalue weighted by Gasteiger charge is 2.20. The molecule has 0 saturated carbocycles. The molecule has 1 aromatic carbocycles. The van der Waals surface area contributed by atoms with Crippen LogP contribution in [0.3, 0.4) is 0 Å². The zero-order valence-electron chi connectivity index (χ0n) is 11.2. The van der Waals surface area contributed by atoms with Gasteiger partial charge in [0.2, 0.25) is 0 Å². The molecule has 0 aliphatic carbocycles. The molecule has 0 aliphatic heterocycles. The molecule has 0 spiro atoms. The summed E-state index contributed by atoms with van der Waals surface area (Å²) < 4.78 is 11.8. The molecule has 0 radical (unpaired) electrons. The van der Waals surface area contributed by atoms with Gasteiger partial charge in [0, 0.05) is 5.56 Å². The molecule has 0 heterocycles. The molecule has 0 amide bonds. The summed E-state index contributed by atoms with van der Waals surface area (Å²) in [5.74, 6) is 6.92. The van der Waals surface area contributed by atoms with E-state index in [2.05, 4.69) is 34.6 Å². The molecule has 18 heavy (non-hydrogen) atoms. The highest BCUT2D eigenvalue weighted by atomic mass is 79.9. The average Bonchev–Trinajstić information content (AvgIpc) is 2.34. The van der Waals surface area contributed by atoms with E-state index in [1.807, 2.05) is 6.07 Å². The molecule has 0 aliphatic rings. The maximum absolute atomic E-state index is 5.50.